The van der Waals surface area contributed by atoms with E-state index in [0.717, 1.165) is 18.8 Å². The van der Waals surface area contributed by atoms with E-state index in [-0.39, 0.29) is 9.92 Å². The minimum atomic E-state index is -3.69. The van der Waals surface area contributed by atoms with E-state index in [4.69, 9.17) is 11.6 Å². The van der Waals surface area contributed by atoms with Crippen LogP contribution < -0.4 is 9.62 Å². The van der Waals surface area contributed by atoms with Crippen LogP contribution in [0.2, 0.25) is 5.02 Å². The molecule has 1 fully saturated rings. The van der Waals surface area contributed by atoms with Gasteiger partial charge >= 0.3 is 0 Å². The van der Waals surface area contributed by atoms with Crippen LogP contribution in [0.5, 0.6) is 0 Å². The fraction of sp³-hybridized carbons (Fsp3) is 0.333. The zero-order valence-corrected chi connectivity index (χ0v) is 15.1. The van der Waals surface area contributed by atoms with E-state index in [1.807, 2.05) is 12.1 Å². The summed E-state index contributed by atoms with van der Waals surface area (Å²) in [5.41, 5.74) is 1.66. The molecule has 0 aromatic heterocycles. The van der Waals surface area contributed by atoms with Gasteiger partial charge in [-0.05, 0) is 55.2 Å². The Balaban J connectivity index is 1.75. The number of anilines is 2. The van der Waals surface area contributed by atoms with Gasteiger partial charge < -0.3 is 4.90 Å². The summed E-state index contributed by atoms with van der Waals surface area (Å²) in [6.45, 7) is 4.36. The van der Waals surface area contributed by atoms with Gasteiger partial charge in [0.05, 0.1) is 5.02 Å². The molecular formula is C18H21ClN2O2S. The molecule has 3 rings (SSSR count). The smallest absolute Gasteiger partial charge is 0.263 e. The van der Waals surface area contributed by atoms with Crippen LogP contribution in [0.15, 0.2) is 53.4 Å². The second-order valence-corrected chi connectivity index (χ2v) is 8.33. The minimum absolute atomic E-state index is 0.0839. The van der Waals surface area contributed by atoms with Crippen LogP contribution >= 0.6 is 11.6 Å². The third kappa shape index (κ3) is 3.84. The fourth-order valence-corrected chi connectivity index (χ4v) is 4.62. The van der Waals surface area contributed by atoms with E-state index in [0.29, 0.717) is 11.6 Å². The molecular weight excluding hydrogens is 344 g/mol. The first-order valence-electron chi connectivity index (χ1n) is 8.08. The van der Waals surface area contributed by atoms with Crippen molar-refractivity contribution in [3.05, 3.63) is 53.6 Å². The Morgan fingerprint density at radius 3 is 2.50 bits per heavy atom. The van der Waals surface area contributed by atoms with Crippen molar-refractivity contribution in [2.24, 2.45) is 5.92 Å². The number of hydrogen-bond donors (Lipinski definition) is 1. The zero-order chi connectivity index (χ0) is 17.2. The maximum atomic E-state index is 12.4. The first-order chi connectivity index (χ1) is 11.5. The Hall–Kier alpha value is -1.72. The molecule has 0 bridgehead atoms. The van der Waals surface area contributed by atoms with E-state index in [2.05, 4.69) is 16.5 Å². The normalized spacial score (nSPS) is 18.4. The van der Waals surface area contributed by atoms with E-state index < -0.39 is 10.0 Å². The van der Waals surface area contributed by atoms with Crippen molar-refractivity contribution in [2.45, 2.75) is 24.7 Å². The van der Waals surface area contributed by atoms with Crippen LogP contribution in [0, 0.1) is 5.92 Å². The number of sulfonamides is 1. The lowest BCUT2D eigenvalue weighted by Crippen LogP contribution is -2.34. The highest BCUT2D eigenvalue weighted by Crippen LogP contribution is 2.26. The quantitative estimate of drug-likeness (QED) is 0.875. The van der Waals surface area contributed by atoms with Gasteiger partial charge in [0.15, 0.2) is 0 Å². The standard InChI is InChI=1S/C18H21ClN2O2S/c1-14-5-4-12-21(13-14)16-10-8-15(9-11-16)20-24(22,23)18-7-3-2-6-17(18)19/h2-3,6-11,14,20H,4-5,12-13H2,1H3. The van der Waals surface area contributed by atoms with Gasteiger partial charge in [0.2, 0.25) is 0 Å². The summed E-state index contributed by atoms with van der Waals surface area (Å²) in [5, 5.41) is 0.212. The minimum Gasteiger partial charge on any atom is -0.371 e. The van der Waals surface area contributed by atoms with Crippen LogP contribution in [-0.4, -0.2) is 21.5 Å². The van der Waals surface area contributed by atoms with Crippen molar-refractivity contribution in [3.8, 4) is 0 Å². The van der Waals surface area contributed by atoms with Crippen molar-refractivity contribution in [1.29, 1.82) is 0 Å². The number of nitrogens with zero attached hydrogens (tertiary/aromatic N) is 1. The lowest BCUT2D eigenvalue weighted by molar-refractivity contribution is 0.447. The number of benzene rings is 2. The monoisotopic (exact) mass is 364 g/mol. The van der Waals surface area contributed by atoms with Crippen LogP contribution in [0.1, 0.15) is 19.8 Å². The second kappa shape index (κ2) is 7.03. The molecule has 1 unspecified atom stereocenters. The van der Waals surface area contributed by atoms with Gasteiger partial charge in [-0.1, -0.05) is 30.7 Å². The van der Waals surface area contributed by atoms with Crippen molar-refractivity contribution in [3.63, 3.8) is 0 Å². The second-order valence-electron chi connectivity index (χ2n) is 6.28. The van der Waals surface area contributed by atoms with Crippen molar-refractivity contribution < 1.29 is 8.42 Å². The molecule has 0 spiro atoms. The van der Waals surface area contributed by atoms with E-state index in [1.54, 1.807) is 30.3 Å². The molecule has 2 aromatic rings. The molecule has 0 saturated carbocycles. The molecule has 128 valence electrons. The van der Waals surface area contributed by atoms with Gasteiger partial charge in [0.1, 0.15) is 4.90 Å². The molecule has 24 heavy (non-hydrogen) atoms. The average Bonchev–Trinajstić information content (AvgIpc) is 2.55. The fourth-order valence-electron chi connectivity index (χ4n) is 3.04. The number of piperidine rings is 1. The SMILES string of the molecule is CC1CCCN(c2ccc(NS(=O)(=O)c3ccccc3Cl)cc2)C1. The summed E-state index contributed by atoms with van der Waals surface area (Å²) in [6.07, 6.45) is 2.47. The van der Waals surface area contributed by atoms with Gasteiger partial charge in [0, 0.05) is 24.5 Å². The lowest BCUT2D eigenvalue weighted by Gasteiger charge is -2.32. The molecule has 1 atom stereocenters. The number of halogens is 1. The molecule has 0 radical (unpaired) electrons. The Bertz CT molecular complexity index is 806. The predicted octanol–water partition coefficient (Wildman–Crippen LogP) is 4.38. The molecule has 0 amide bonds. The summed E-state index contributed by atoms with van der Waals surface area (Å²) >= 11 is 5.99. The summed E-state index contributed by atoms with van der Waals surface area (Å²) in [7, 11) is -3.69. The van der Waals surface area contributed by atoms with Gasteiger partial charge in [-0.25, -0.2) is 8.42 Å². The molecule has 2 aromatic carbocycles. The summed E-state index contributed by atoms with van der Waals surface area (Å²) in [5.74, 6) is 0.692. The Morgan fingerprint density at radius 1 is 1.12 bits per heavy atom. The Morgan fingerprint density at radius 2 is 1.83 bits per heavy atom. The Kier molecular flexibility index (Phi) is 5.01. The van der Waals surface area contributed by atoms with Crippen molar-refractivity contribution in [2.75, 3.05) is 22.7 Å². The zero-order valence-electron chi connectivity index (χ0n) is 13.6. The third-order valence-corrected chi connectivity index (χ3v) is 6.15. The first kappa shape index (κ1) is 17.1. The summed E-state index contributed by atoms with van der Waals surface area (Å²) in [6, 6.07) is 13.9. The largest absolute Gasteiger partial charge is 0.371 e. The summed E-state index contributed by atoms with van der Waals surface area (Å²) in [4.78, 5) is 2.43. The van der Waals surface area contributed by atoms with Crippen molar-refractivity contribution in [1.82, 2.24) is 0 Å². The molecule has 1 N–H and O–H groups in total. The van der Waals surface area contributed by atoms with Gasteiger partial charge in [-0.15, -0.1) is 0 Å². The maximum absolute atomic E-state index is 12.4. The Labute approximate surface area is 148 Å². The van der Waals surface area contributed by atoms with Gasteiger partial charge in [-0.2, -0.15) is 0 Å². The van der Waals surface area contributed by atoms with Crippen LogP contribution in [0.4, 0.5) is 11.4 Å². The average molecular weight is 365 g/mol. The lowest BCUT2D eigenvalue weighted by atomic mass is 10.00. The molecule has 0 aliphatic carbocycles. The van der Waals surface area contributed by atoms with Crippen LogP contribution in [-0.2, 0) is 10.0 Å². The highest BCUT2D eigenvalue weighted by atomic mass is 35.5. The molecule has 6 heteroatoms. The predicted molar refractivity (Wildman–Crippen MR) is 99.3 cm³/mol. The van der Waals surface area contributed by atoms with Gasteiger partial charge in [0.25, 0.3) is 10.0 Å². The van der Waals surface area contributed by atoms with E-state index in [1.165, 1.54) is 18.9 Å². The molecule has 1 aliphatic rings. The molecule has 1 saturated heterocycles. The molecule has 1 heterocycles. The molecule has 1 aliphatic heterocycles. The van der Waals surface area contributed by atoms with Crippen LogP contribution in [0.25, 0.3) is 0 Å². The highest BCUT2D eigenvalue weighted by Gasteiger charge is 2.19. The van der Waals surface area contributed by atoms with Gasteiger partial charge in [-0.3, -0.25) is 4.72 Å². The maximum Gasteiger partial charge on any atom is 0.263 e. The first-order valence-corrected chi connectivity index (χ1v) is 9.94. The summed E-state index contributed by atoms with van der Waals surface area (Å²) < 4.78 is 27.5. The highest BCUT2D eigenvalue weighted by molar-refractivity contribution is 7.92. The molecule has 4 nitrogen and oxygen atoms in total. The third-order valence-electron chi connectivity index (χ3n) is 4.27. The number of hydrogen-bond acceptors (Lipinski definition) is 3. The van der Waals surface area contributed by atoms with E-state index in [9.17, 15) is 8.42 Å². The number of rotatable bonds is 4. The van der Waals surface area contributed by atoms with Crippen molar-refractivity contribution >= 4 is 33.0 Å². The van der Waals surface area contributed by atoms with Crippen LogP contribution in [0.3, 0.4) is 0 Å². The topological polar surface area (TPSA) is 49.4 Å². The van der Waals surface area contributed by atoms with E-state index >= 15 is 0 Å². The number of nitrogens with one attached hydrogen (secondary N) is 1.